The number of fused-ring (bicyclic) bond motifs is 1. The van der Waals surface area contributed by atoms with Crippen LogP contribution in [0.5, 0.6) is 11.5 Å². The maximum Gasteiger partial charge on any atom is 0.231 e. The molecule has 0 fully saturated rings. The molecule has 0 radical (unpaired) electrons. The zero-order chi connectivity index (χ0) is 13.9. The predicted octanol–water partition coefficient (Wildman–Crippen LogP) is 0.992. The number of aryl methyl sites for hydroxylation is 1. The number of nitrogens with zero attached hydrogens (tertiary/aromatic N) is 4. The van der Waals surface area contributed by atoms with Crippen molar-refractivity contribution in [3.05, 3.63) is 23.8 Å². The number of benzene rings is 1. The predicted molar refractivity (Wildman–Crippen MR) is 73.9 cm³/mol. The molecular formula is C12H15N5O2S. The van der Waals surface area contributed by atoms with Crippen LogP contribution in [0.4, 0.5) is 0 Å². The number of nitrogens with one attached hydrogen (secondary N) is 1. The summed E-state index contributed by atoms with van der Waals surface area (Å²) in [6.07, 6.45) is 0. The Hall–Kier alpha value is -1.80. The summed E-state index contributed by atoms with van der Waals surface area (Å²) in [5.41, 5.74) is 1.15. The molecule has 1 aliphatic rings. The second-order valence-corrected chi connectivity index (χ2v) is 5.34. The molecule has 0 spiro atoms. The maximum atomic E-state index is 5.41. The zero-order valence-electron chi connectivity index (χ0n) is 11.2. The normalized spacial score (nSPS) is 14.5. The highest BCUT2D eigenvalue weighted by atomic mass is 32.2. The molecule has 0 amide bonds. The first-order chi connectivity index (χ1) is 9.78. The van der Waals surface area contributed by atoms with E-state index in [1.165, 1.54) is 0 Å². The van der Waals surface area contributed by atoms with Crippen LogP contribution in [0.1, 0.15) is 11.6 Å². The second-order valence-electron chi connectivity index (χ2n) is 4.35. The molecule has 1 N–H and O–H groups in total. The summed E-state index contributed by atoms with van der Waals surface area (Å²) in [6, 6.07) is 6.19. The van der Waals surface area contributed by atoms with Crippen molar-refractivity contribution in [2.45, 2.75) is 11.2 Å². The maximum absolute atomic E-state index is 5.41. The van der Waals surface area contributed by atoms with Crippen molar-refractivity contribution in [1.29, 1.82) is 0 Å². The summed E-state index contributed by atoms with van der Waals surface area (Å²) in [6.45, 7) is 0.294. The van der Waals surface area contributed by atoms with Crippen LogP contribution in [0.15, 0.2) is 23.4 Å². The van der Waals surface area contributed by atoms with Crippen LogP contribution in [0, 0.1) is 0 Å². The van der Waals surface area contributed by atoms with Gasteiger partial charge in [0.2, 0.25) is 11.9 Å². The lowest BCUT2D eigenvalue weighted by molar-refractivity contribution is 0.174. The third kappa shape index (κ3) is 2.56. The van der Waals surface area contributed by atoms with Gasteiger partial charge in [0.05, 0.1) is 0 Å². The van der Waals surface area contributed by atoms with E-state index < -0.39 is 0 Å². The summed E-state index contributed by atoms with van der Waals surface area (Å²) in [5, 5.41) is 15.5. The van der Waals surface area contributed by atoms with Crippen LogP contribution in [0.2, 0.25) is 0 Å². The average molecular weight is 293 g/mol. The van der Waals surface area contributed by atoms with Gasteiger partial charge in [0.1, 0.15) is 0 Å². The second kappa shape index (κ2) is 5.68. The minimum Gasteiger partial charge on any atom is -0.454 e. The highest BCUT2D eigenvalue weighted by molar-refractivity contribution is 7.99. The van der Waals surface area contributed by atoms with Crippen molar-refractivity contribution in [1.82, 2.24) is 25.5 Å². The van der Waals surface area contributed by atoms with Gasteiger partial charge in [-0.2, -0.15) is 0 Å². The zero-order valence-corrected chi connectivity index (χ0v) is 12.1. The third-order valence-corrected chi connectivity index (χ3v) is 4.21. The standard InChI is InChI=1S/C12H15N5O2S/c1-13-9(6-20-12-14-15-16-17(12)2)8-3-4-10-11(5-8)19-7-18-10/h3-5,9,13H,6-7H2,1-2H3. The fourth-order valence-electron chi connectivity index (χ4n) is 1.98. The molecule has 20 heavy (non-hydrogen) atoms. The summed E-state index contributed by atoms with van der Waals surface area (Å²) < 4.78 is 12.4. The molecule has 1 atom stereocenters. The first-order valence-electron chi connectivity index (χ1n) is 6.20. The van der Waals surface area contributed by atoms with E-state index in [-0.39, 0.29) is 6.04 Å². The van der Waals surface area contributed by atoms with E-state index in [0.29, 0.717) is 6.79 Å². The van der Waals surface area contributed by atoms with Crippen molar-refractivity contribution in [3.8, 4) is 11.5 Å². The minimum atomic E-state index is 0.186. The Balaban J connectivity index is 1.71. The van der Waals surface area contributed by atoms with E-state index in [9.17, 15) is 0 Å². The Morgan fingerprint density at radius 3 is 3.00 bits per heavy atom. The van der Waals surface area contributed by atoms with Crippen LogP contribution >= 0.6 is 11.8 Å². The molecule has 1 aliphatic heterocycles. The molecule has 2 aromatic rings. The minimum absolute atomic E-state index is 0.186. The van der Waals surface area contributed by atoms with Gasteiger partial charge < -0.3 is 14.8 Å². The lowest BCUT2D eigenvalue weighted by atomic mass is 10.1. The van der Waals surface area contributed by atoms with Crippen molar-refractivity contribution in [2.75, 3.05) is 19.6 Å². The van der Waals surface area contributed by atoms with E-state index >= 15 is 0 Å². The van der Waals surface area contributed by atoms with Gasteiger partial charge in [-0.3, -0.25) is 0 Å². The molecule has 1 aromatic carbocycles. The fourth-order valence-corrected chi connectivity index (χ4v) is 2.97. The van der Waals surface area contributed by atoms with Gasteiger partial charge in [-0.15, -0.1) is 5.10 Å². The molecule has 0 saturated heterocycles. The summed E-state index contributed by atoms with van der Waals surface area (Å²) in [7, 11) is 3.77. The number of hydrogen-bond acceptors (Lipinski definition) is 7. The van der Waals surface area contributed by atoms with Crippen LogP contribution in [-0.2, 0) is 7.05 Å². The molecular weight excluding hydrogens is 278 g/mol. The molecule has 0 aliphatic carbocycles. The molecule has 8 heteroatoms. The third-order valence-electron chi connectivity index (χ3n) is 3.11. The molecule has 2 heterocycles. The monoisotopic (exact) mass is 293 g/mol. The number of hydrogen-bond donors (Lipinski definition) is 1. The van der Waals surface area contributed by atoms with Gasteiger partial charge in [-0.1, -0.05) is 17.8 Å². The fraction of sp³-hybridized carbons (Fsp3) is 0.417. The molecule has 0 saturated carbocycles. The molecule has 0 bridgehead atoms. The van der Waals surface area contributed by atoms with Crippen LogP contribution in [0.3, 0.4) is 0 Å². The van der Waals surface area contributed by atoms with E-state index in [1.807, 2.05) is 32.3 Å². The Bertz CT molecular complexity index is 603. The first kappa shape index (κ1) is 13.2. The summed E-state index contributed by atoms with van der Waals surface area (Å²) >= 11 is 1.61. The van der Waals surface area contributed by atoms with Crippen LogP contribution in [-0.4, -0.2) is 39.8 Å². The van der Waals surface area contributed by atoms with Crippen molar-refractivity contribution < 1.29 is 9.47 Å². The Morgan fingerprint density at radius 1 is 1.40 bits per heavy atom. The highest BCUT2D eigenvalue weighted by Crippen LogP contribution is 2.35. The number of rotatable bonds is 5. The Morgan fingerprint density at radius 2 is 2.25 bits per heavy atom. The SMILES string of the molecule is CNC(CSc1nnnn1C)c1ccc2c(c1)OCO2. The van der Waals surface area contributed by atoms with Gasteiger partial charge >= 0.3 is 0 Å². The Labute approximate surface area is 120 Å². The topological polar surface area (TPSA) is 74.1 Å². The van der Waals surface area contributed by atoms with E-state index in [0.717, 1.165) is 28.0 Å². The molecule has 1 unspecified atom stereocenters. The van der Waals surface area contributed by atoms with Crippen molar-refractivity contribution in [2.24, 2.45) is 7.05 Å². The number of ether oxygens (including phenoxy) is 2. The van der Waals surface area contributed by atoms with Gasteiger partial charge in [0.15, 0.2) is 11.5 Å². The van der Waals surface area contributed by atoms with E-state index in [4.69, 9.17) is 9.47 Å². The van der Waals surface area contributed by atoms with Gasteiger partial charge in [0.25, 0.3) is 0 Å². The summed E-state index contributed by atoms with van der Waals surface area (Å²) in [4.78, 5) is 0. The van der Waals surface area contributed by atoms with Crippen LogP contribution < -0.4 is 14.8 Å². The average Bonchev–Trinajstić information content (AvgIpc) is 3.08. The van der Waals surface area contributed by atoms with E-state index in [1.54, 1.807) is 16.4 Å². The summed E-state index contributed by atoms with van der Waals surface area (Å²) in [5.74, 6) is 2.42. The molecule has 7 nitrogen and oxygen atoms in total. The largest absolute Gasteiger partial charge is 0.454 e. The molecule has 106 valence electrons. The van der Waals surface area contributed by atoms with Gasteiger partial charge in [-0.05, 0) is 35.2 Å². The van der Waals surface area contributed by atoms with Gasteiger partial charge in [-0.25, -0.2) is 4.68 Å². The lowest BCUT2D eigenvalue weighted by Gasteiger charge is -2.16. The van der Waals surface area contributed by atoms with Crippen molar-refractivity contribution in [3.63, 3.8) is 0 Å². The quantitative estimate of drug-likeness (QED) is 0.824. The number of thioether (sulfide) groups is 1. The van der Waals surface area contributed by atoms with E-state index in [2.05, 4.69) is 20.8 Å². The molecule has 3 rings (SSSR count). The number of aromatic nitrogens is 4. The first-order valence-corrected chi connectivity index (χ1v) is 7.18. The number of tetrazole rings is 1. The smallest absolute Gasteiger partial charge is 0.231 e. The van der Waals surface area contributed by atoms with Gasteiger partial charge in [0, 0.05) is 18.8 Å². The van der Waals surface area contributed by atoms with Crippen LogP contribution in [0.25, 0.3) is 0 Å². The highest BCUT2D eigenvalue weighted by Gasteiger charge is 2.18. The Kier molecular flexibility index (Phi) is 3.75. The molecule has 1 aromatic heterocycles. The van der Waals surface area contributed by atoms with Crippen molar-refractivity contribution >= 4 is 11.8 Å². The lowest BCUT2D eigenvalue weighted by Crippen LogP contribution is -2.19.